The lowest BCUT2D eigenvalue weighted by molar-refractivity contribution is -0.120. The van der Waals surface area contributed by atoms with Crippen LogP contribution in [0.15, 0.2) is 66.2 Å². The highest BCUT2D eigenvalue weighted by molar-refractivity contribution is 7.09. The summed E-state index contributed by atoms with van der Waals surface area (Å²) in [6.45, 7) is 3.00. The van der Waals surface area contributed by atoms with E-state index in [1.165, 1.54) is 16.9 Å². The lowest BCUT2D eigenvalue weighted by atomic mass is 10.1. The summed E-state index contributed by atoms with van der Waals surface area (Å²) in [5.74, 6) is 0.709. The van der Waals surface area contributed by atoms with Crippen molar-refractivity contribution in [1.82, 2.24) is 20.1 Å². The number of benzene rings is 2. The minimum absolute atomic E-state index is 0.0258. The third-order valence-electron chi connectivity index (χ3n) is 5.08. The Bertz CT molecular complexity index is 1190. The Morgan fingerprint density at radius 3 is 2.73 bits per heavy atom. The van der Waals surface area contributed by atoms with Crippen LogP contribution in [0.3, 0.4) is 0 Å². The van der Waals surface area contributed by atoms with E-state index >= 15 is 0 Å². The molecule has 0 saturated heterocycles. The first kappa shape index (κ1) is 23.0. The number of rotatable bonds is 10. The fourth-order valence-electron chi connectivity index (χ4n) is 3.36. The maximum absolute atomic E-state index is 12.3. The van der Waals surface area contributed by atoms with Gasteiger partial charge in [0.25, 0.3) is 0 Å². The SMILES string of the molecule is Cc1nn(-c2ccccc2)cc1CCCNC(=O)Cc1csc(COc2ccc(Cl)cc2)n1. The molecule has 0 radical (unpaired) electrons. The zero-order chi connectivity index (χ0) is 23.0. The molecule has 0 atom stereocenters. The monoisotopic (exact) mass is 480 g/mol. The normalized spacial score (nSPS) is 10.8. The molecule has 0 fully saturated rings. The van der Waals surface area contributed by atoms with Gasteiger partial charge in [-0.2, -0.15) is 5.10 Å². The van der Waals surface area contributed by atoms with E-state index in [0.29, 0.717) is 18.2 Å². The number of hydrogen-bond acceptors (Lipinski definition) is 5. The fourth-order valence-corrected chi connectivity index (χ4v) is 4.19. The average molecular weight is 481 g/mol. The summed E-state index contributed by atoms with van der Waals surface area (Å²) in [7, 11) is 0. The summed E-state index contributed by atoms with van der Waals surface area (Å²) in [6, 6.07) is 17.3. The Labute approximate surface area is 202 Å². The number of hydrogen-bond donors (Lipinski definition) is 1. The summed E-state index contributed by atoms with van der Waals surface area (Å²) in [6.07, 6.45) is 4.05. The number of nitrogens with zero attached hydrogens (tertiary/aromatic N) is 3. The van der Waals surface area contributed by atoms with Gasteiger partial charge in [0.05, 0.1) is 23.5 Å². The van der Waals surface area contributed by atoms with Gasteiger partial charge in [0.1, 0.15) is 17.4 Å². The minimum Gasteiger partial charge on any atom is -0.486 e. The number of thiazole rings is 1. The summed E-state index contributed by atoms with van der Waals surface area (Å²) in [4.78, 5) is 16.8. The topological polar surface area (TPSA) is 69.0 Å². The summed E-state index contributed by atoms with van der Waals surface area (Å²) in [5, 5.41) is 11.0. The molecule has 6 nitrogen and oxygen atoms in total. The Hall–Kier alpha value is -3.16. The first-order valence-electron chi connectivity index (χ1n) is 10.8. The molecule has 0 saturated carbocycles. The predicted molar refractivity (Wildman–Crippen MR) is 131 cm³/mol. The first-order valence-corrected chi connectivity index (χ1v) is 12.0. The van der Waals surface area contributed by atoms with Crippen LogP contribution in [0.25, 0.3) is 5.69 Å². The highest BCUT2D eigenvalue weighted by atomic mass is 35.5. The standard InChI is InChI=1S/C25H25ClN4O2S/c1-18-19(15-30(29-18)22-7-3-2-4-8-22)6-5-13-27-24(31)14-21-17-33-25(28-21)16-32-23-11-9-20(26)10-12-23/h2-4,7-12,15,17H,5-6,13-14,16H2,1H3,(H,27,31). The zero-order valence-electron chi connectivity index (χ0n) is 18.3. The maximum atomic E-state index is 12.3. The quantitative estimate of drug-likeness (QED) is 0.318. The molecule has 8 heteroatoms. The van der Waals surface area contributed by atoms with Gasteiger partial charge < -0.3 is 10.1 Å². The van der Waals surface area contributed by atoms with Crippen molar-refractivity contribution in [2.24, 2.45) is 0 Å². The van der Waals surface area contributed by atoms with E-state index in [2.05, 4.69) is 21.6 Å². The van der Waals surface area contributed by atoms with Crippen molar-refractivity contribution in [3.8, 4) is 11.4 Å². The van der Waals surface area contributed by atoms with E-state index in [-0.39, 0.29) is 12.3 Å². The van der Waals surface area contributed by atoms with Crippen LogP contribution in [0, 0.1) is 6.92 Å². The zero-order valence-corrected chi connectivity index (χ0v) is 19.9. The first-order chi connectivity index (χ1) is 16.1. The third kappa shape index (κ3) is 6.66. The number of nitrogens with one attached hydrogen (secondary N) is 1. The Kier molecular flexibility index (Phi) is 7.75. The van der Waals surface area contributed by atoms with Gasteiger partial charge in [-0.25, -0.2) is 9.67 Å². The van der Waals surface area contributed by atoms with Crippen molar-refractivity contribution in [1.29, 1.82) is 0 Å². The van der Waals surface area contributed by atoms with Gasteiger partial charge in [-0.05, 0) is 61.7 Å². The number of aromatic nitrogens is 3. The molecule has 170 valence electrons. The number of carbonyl (C=O) groups excluding carboxylic acids is 1. The number of amides is 1. The molecular formula is C25H25ClN4O2S. The Morgan fingerprint density at radius 2 is 1.94 bits per heavy atom. The van der Waals surface area contributed by atoms with Crippen LogP contribution < -0.4 is 10.1 Å². The van der Waals surface area contributed by atoms with Gasteiger partial charge in [-0.15, -0.1) is 11.3 Å². The molecule has 0 bridgehead atoms. The molecule has 2 aromatic carbocycles. The number of ether oxygens (including phenoxy) is 1. The second-order valence-electron chi connectivity index (χ2n) is 7.63. The van der Waals surface area contributed by atoms with Crippen molar-refractivity contribution < 1.29 is 9.53 Å². The van der Waals surface area contributed by atoms with Gasteiger partial charge in [0.15, 0.2) is 0 Å². The minimum atomic E-state index is -0.0258. The molecule has 0 unspecified atom stereocenters. The molecule has 4 rings (SSSR count). The van der Waals surface area contributed by atoms with E-state index in [0.717, 1.165) is 40.7 Å². The van der Waals surface area contributed by atoms with E-state index in [4.69, 9.17) is 16.3 Å². The van der Waals surface area contributed by atoms with Crippen LogP contribution in [0.4, 0.5) is 0 Å². The molecule has 1 amide bonds. The molecule has 0 aliphatic heterocycles. The van der Waals surface area contributed by atoms with Crippen LogP contribution in [0.2, 0.25) is 5.02 Å². The summed E-state index contributed by atoms with van der Waals surface area (Å²) >= 11 is 7.37. The van der Waals surface area contributed by atoms with Gasteiger partial charge >= 0.3 is 0 Å². The van der Waals surface area contributed by atoms with Crippen LogP contribution in [0.1, 0.15) is 28.4 Å². The number of carbonyl (C=O) groups is 1. The van der Waals surface area contributed by atoms with E-state index < -0.39 is 0 Å². The third-order valence-corrected chi connectivity index (χ3v) is 6.21. The van der Waals surface area contributed by atoms with Crippen LogP contribution >= 0.6 is 22.9 Å². The molecule has 0 aliphatic carbocycles. The van der Waals surface area contributed by atoms with Crippen molar-refractivity contribution in [2.75, 3.05) is 6.54 Å². The number of aryl methyl sites for hydroxylation is 2. The van der Waals surface area contributed by atoms with Gasteiger partial charge in [0.2, 0.25) is 5.91 Å². The van der Waals surface area contributed by atoms with E-state index in [9.17, 15) is 4.79 Å². The van der Waals surface area contributed by atoms with Crippen molar-refractivity contribution >= 4 is 28.8 Å². The molecule has 0 spiro atoms. The molecule has 2 aromatic heterocycles. The lowest BCUT2D eigenvalue weighted by Gasteiger charge is -2.04. The second-order valence-corrected chi connectivity index (χ2v) is 9.00. The van der Waals surface area contributed by atoms with E-state index in [1.54, 1.807) is 12.1 Å². The van der Waals surface area contributed by atoms with Crippen LogP contribution in [-0.2, 0) is 24.2 Å². The van der Waals surface area contributed by atoms with Crippen molar-refractivity contribution in [3.05, 3.63) is 93.2 Å². The molecular weight excluding hydrogens is 456 g/mol. The van der Waals surface area contributed by atoms with E-state index in [1.807, 2.05) is 59.5 Å². The van der Waals surface area contributed by atoms with Gasteiger partial charge in [0, 0.05) is 23.1 Å². The van der Waals surface area contributed by atoms with Crippen molar-refractivity contribution in [2.45, 2.75) is 32.8 Å². The molecule has 4 aromatic rings. The molecule has 0 aliphatic rings. The fraction of sp³-hybridized carbons (Fsp3) is 0.240. The average Bonchev–Trinajstić information content (AvgIpc) is 3.43. The second kappa shape index (κ2) is 11.1. The molecule has 33 heavy (non-hydrogen) atoms. The Balaban J connectivity index is 1.18. The predicted octanol–water partition coefficient (Wildman–Crippen LogP) is 5.16. The highest BCUT2D eigenvalue weighted by Gasteiger charge is 2.10. The van der Waals surface area contributed by atoms with Gasteiger partial charge in [-0.1, -0.05) is 29.8 Å². The van der Waals surface area contributed by atoms with Crippen LogP contribution in [-0.4, -0.2) is 27.2 Å². The van der Waals surface area contributed by atoms with Crippen LogP contribution in [0.5, 0.6) is 5.75 Å². The largest absolute Gasteiger partial charge is 0.486 e. The van der Waals surface area contributed by atoms with Crippen molar-refractivity contribution in [3.63, 3.8) is 0 Å². The van der Waals surface area contributed by atoms with Gasteiger partial charge in [-0.3, -0.25) is 4.79 Å². The summed E-state index contributed by atoms with van der Waals surface area (Å²) < 4.78 is 7.61. The summed E-state index contributed by atoms with van der Waals surface area (Å²) in [5.41, 5.74) is 4.01. The Morgan fingerprint density at radius 1 is 1.15 bits per heavy atom. The maximum Gasteiger partial charge on any atom is 0.226 e. The number of halogens is 1. The highest BCUT2D eigenvalue weighted by Crippen LogP contribution is 2.18. The smallest absolute Gasteiger partial charge is 0.226 e. The number of para-hydroxylation sites is 1. The molecule has 1 N–H and O–H groups in total. The lowest BCUT2D eigenvalue weighted by Crippen LogP contribution is -2.26. The molecule has 2 heterocycles.